The Kier molecular flexibility index (Phi) is 3.06. The van der Waals surface area contributed by atoms with E-state index < -0.39 is 0 Å². The summed E-state index contributed by atoms with van der Waals surface area (Å²) < 4.78 is 10.7. The highest BCUT2D eigenvalue weighted by Gasteiger charge is 2.25. The molecule has 1 saturated heterocycles. The number of nitrogens with zero attached hydrogens (tertiary/aromatic N) is 1. The monoisotopic (exact) mass is 247 g/mol. The Morgan fingerprint density at radius 3 is 2.94 bits per heavy atom. The lowest BCUT2D eigenvalue weighted by Gasteiger charge is -2.33. The van der Waals surface area contributed by atoms with Crippen molar-refractivity contribution in [3.05, 3.63) is 34.9 Å². The fourth-order valence-electron chi connectivity index (χ4n) is 2.50. The standard InChI is InChI=1S/C14H17NO3/c1-10-7-17-5-4-15(10)14(16)11-2-3-12-8-18-9-13(12)6-11/h2-3,6,10H,4-5,7-9H2,1H3/t10-/m0/s1. The lowest BCUT2D eigenvalue weighted by Crippen LogP contribution is -2.47. The molecule has 0 spiro atoms. The first-order chi connectivity index (χ1) is 8.75. The second-order valence-electron chi connectivity index (χ2n) is 4.90. The van der Waals surface area contributed by atoms with Gasteiger partial charge in [0.25, 0.3) is 5.91 Å². The molecule has 1 fully saturated rings. The van der Waals surface area contributed by atoms with Gasteiger partial charge in [-0.3, -0.25) is 4.79 Å². The highest BCUT2D eigenvalue weighted by atomic mass is 16.5. The van der Waals surface area contributed by atoms with Crippen LogP contribution in [0.5, 0.6) is 0 Å². The van der Waals surface area contributed by atoms with Crippen LogP contribution >= 0.6 is 0 Å². The van der Waals surface area contributed by atoms with Crippen molar-refractivity contribution in [2.75, 3.05) is 19.8 Å². The van der Waals surface area contributed by atoms with Gasteiger partial charge in [-0.2, -0.15) is 0 Å². The normalized spacial score (nSPS) is 22.9. The van der Waals surface area contributed by atoms with E-state index >= 15 is 0 Å². The molecular weight excluding hydrogens is 230 g/mol. The van der Waals surface area contributed by atoms with Crippen molar-refractivity contribution in [1.29, 1.82) is 0 Å². The van der Waals surface area contributed by atoms with Crippen molar-refractivity contribution in [2.45, 2.75) is 26.2 Å². The number of carbonyl (C=O) groups is 1. The first kappa shape index (κ1) is 11.7. The van der Waals surface area contributed by atoms with Crippen molar-refractivity contribution in [1.82, 2.24) is 4.90 Å². The summed E-state index contributed by atoms with van der Waals surface area (Å²) in [5.74, 6) is 0.0977. The van der Waals surface area contributed by atoms with Crippen LogP contribution in [0.25, 0.3) is 0 Å². The Bertz CT molecular complexity index is 472. The lowest BCUT2D eigenvalue weighted by molar-refractivity contribution is 0.00359. The number of rotatable bonds is 1. The maximum absolute atomic E-state index is 12.4. The summed E-state index contributed by atoms with van der Waals surface area (Å²) in [6.07, 6.45) is 0. The molecule has 0 bridgehead atoms. The van der Waals surface area contributed by atoms with Gasteiger partial charge in [0.15, 0.2) is 0 Å². The number of ether oxygens (including phenoxy) is 2. The smallest absolute Gasteiger partial charge is 0.254 e. The number of carbonyl (C=O) groups excluding carboxylic acids is 1. The molecule has 96 valence electrons. The molecule has 0 N–H and O–H groups in total. The van der Waals surface area contributed by atoms with Crippen LogP contribution in [0, 0.1) is 0 Å². The van der Waals surface area contributed by atoms with Crippen molar-refractivity contribution in [2.24, 2.45) is 0 Å². The molecule has 2 aliphatic heterocycles. The average Bonchev–Trinajstić information content (AvgIpc) is 2.85. The summed E-state index contributed by atoms with van der Waals surface area (Å²) in [4.78, 5) is 14.3. The minimum atomic E-state index is 0.0977. The van der Waals surface area contributed by atoms with Gasteiger partial charge in [-0.05, 0) is 30.2 Å². The third-order valence-electron chi connectivity index (χ3n) is 3.60. The van der Waals surface area contributed by atoms with Gasteiger partial charge in [-0.25, -0.2) is 0 Å². The van der Waals surface area contributed by atoms with E-state index in [1.165, 1.54) is 5.56 Å². The summed E-state index contributed by atoms with van der Waals surface area (Å²) in [5.41, 5.74) is 3.09. The molecule has 3 rings (SSSR count). The summed E-state index contributed by atoms with van der Waals surface area (Å²) in [6.45, 7) is 5.23. The van der Waals surface area contributed by atoms with Crippen LogP contribution in [0.3, 0.4) is 0 Å². The zero-order valence-electron chi connectivity index (χ0n) is 10.5. The van der Waals surface area contributed by atoms with Crippen LogP contribution in [-0.4, -0.2) is 36.6 Å². The number of benzene rings is 1. The minimum Gasteiger partial charge on any atom is -0.377 e. The molecule has 0 aromatic heterocycles. The Labute approximate surface area is 106 Å². The van der Waals surface area contributed by atoms with Gasteiger partial charge in [0.1, 0.15) is 0 Å². The van der Waals surface area contributed by atoms with Gasteiger partial charge < -0.3 is 14.4 Å². The van der Waals surface area contributed by atoms with Gasteiger partial charge >= 0.3 is 0 Å². The van der Waals surface area contributed by atoms with Crippen molar-refractivity contribution < 1.29 is 14.3 Å². The van der Waals surface area contributed by atoms with Crippen molar-refractivity contribution in [3.8, 4) is 0 Å². The molecule has 1 amide bonds. The zero-order chi connectivity index (χ0) is 12.5. The van der Waals surface area contributed by atoms with Gasteiger partial charge in [0.05, 0.1) is 32.5 Å². The van der Waals surface area contributed by atoms with Gasteiger partial charge in [-0.1, -0.05) is 6.07 Å². The molecule has 1 aromatic carbocycles. The van der Waals surface area contributed by atoms with E-state index in [1.807, 2.05) is 30.0 Å². The first-order valence-corrected chi connectivity index (χ1v) is 6.34. The SMILES string of the molecule is C[C@H]1COCCN1C(=O)c1ccc2c(c1)COC2. The second kappa shape index (κ2) is 4.71. The minimum absolute atomic E-state index is 0.0977. The van der Waals surface area contributed by atoms with Crippen LogP contribution in [0.2, 0.25) is 0 Å². The topological polar surface area (TPSA) is 38.8 Å². The fraction of sp³-hybridized carbons (Fsp3) is 0.500. The number of hydrogen-bond donors (Lipinski definition) is 0. The molecule has 1 aromatic rings. The van der Waals surface area contributed by atoms with E-state index in [0.717, 1.165) is 11.1 Å². The zero-order valence-corrected chi connectivity index (χ0v) is 10.5. The predicted octanol–water partition coefficient (Wildman–Crippen LogP) is 1.58. The maximum atomic E-state index is 12.4. The Balaban J connectivity index is 1.83. The van der Waals surface area contributed by atoms with Crippen LogP contribution in [-0.2, 0) is 22.7 Å². The van der Waals surface area contributed by atoms with Gasteiger partial charge in [0, 0.05) is 12.1 Å². The second-order valence-corrected chi connectivity index (χ2v) is 4.90. The summed E-state index contributed by atoms with van der Waals surface area (Å²) in [7, 11) is 0. The third kappa shape index (κ3) is 2.02. The Morgan fingerprint density at radius 2 is 2.11 bits per heavy atom. The molecule has 18 heavy (non-hydrogen) atoms. The van der Waals surface area contributed by atoms with E-state index in [0.29, 0.717) is 33.0 Å². The van der Waals surface area contributed by atoms with E-state index in [4.69, 9.17) is 9.47 Å². The molecule has 2 aliphatic rings. The van der Waals surface area contributed by atoms with Crippen LogP contribution in [0.4, 0.5) is 0 Å². The summed E-state index contributed by atoms with van der Waals surface area (Å²) in [6, 6.07) is 6.02. The molecule has 1 atom stereocenters. The predicted molar refractivity (Wildman–Crippen MR) is 66.3 cm³/mol. The molecule has 4 nitrogen and oxygen atoms in total. The van der Waals surface area contributed by atoms with E-state index in [9.17, 15) is 4.79 Å². The van der Waals surface area contributed by atoms with Crippen LogP contribution in [0.15, 0.2) is 18.2 Å². The maximum Gasteiger partial charge on any atom is 0.254 e. The highest BCUT2D eigenvalue weighted by molar-refractivity contribution is 5.94. The van der Waals surface area contributed by atoms with Crippen LogP contribution < -0.4 is 0 Å². The molecule has 4 heteroatoms. The van der Waals surface area contributed by atoms with E-state index in [1.54, 1.807) is 0 Å². The fourth-order valence-corrected chi connectivity index (χ4v) is 2.50. The van der Waals surface area contributed by atoms with Gasteiger partial charge in [0.2, 0.25) is 0 Å². The lowest BCUT2D eigenvalue weighted by atomic mass is 10.0. The summed E-state index contributed by atoms with van der Waals surface area (Å²) >= 11 is 0. The van der Waals surface area contributed by atoms with Crippen molar-refractivity contribution >= 4 is 5.91 Å². The quantitative estimate of drug-likeness (QED) is 0.756. The molecule has 0 aliphatic carbocycles. The first-order valence-electron chi connectivity index (χ1n) is 6.34. The van der Waals surface area contributed by atoms with Gasteiger partial charge in [-0.15, -0.1) is 0 Å². The molecular formula is C14H17NO3. The third-order valence-corrected chi connectivity index (χ3v) is 3.60. The molecule has 0 saturated carbocycles. The molecule has 0 radical (unpaired) electrons. The Hall–Kier alpha value is -1.39. The molecule has 2 heterocycles. The highest BCUT2D eigenvalue weighted by Crippen LogP contribution is 2.22. The van der Waals surface area contributed by atoms with Crippen molar-refractivity contribution in [3.63, 3.8) is 0 Å². The van der Waals surface area contributed by atoms with Crippen LogP contribution in [0.1, 0.15) is 28.4 Å². The van der Waals surface area contributed by atoms with E-state index in [2.05, 4.69) is 0 Å². The number of fused-ring (bicyclic) bond motifs is 1. The van der Waals surface area contributed by atoms with E-state index in [-0.39, 0.29) is 11.9 Å². The molecule has 0 unspecified atom stereocenters. The Morgan fingerprint density at radius 1 is 1.28 bits per heavy atom. The largest absolute Gasteiger partial charge is 0.377 e. The number of morpholine rings is 1. The number of amides is 1. The average molecular weight is 247 g/mol. The number of hydrogen-bond acceptors (Lipinski definition) is 3. The summed E-state index contributed by atoms with van der Waals surface area (Å²) in [5, 5.41) is 0.